The number of unbranched alkanes of at least 4 members (excludes halogenated alkanes) is 2. The molecule has 1 amide bonds. The molecule has 2 aromatic rings. The Kier molecular flexibility index (Phi) is 6.15. The maximum absolute atomic E-state index is 12.8. The molecule has 0 aliphatic heterocycles. The third-order valence-corrected chi connectivity index (χ3v) is 6.07. The van der Waals surface area contributed by atoms with Crippen molar-refractivity contribution in [1.29, 1.82) is 0 Å². The van der Waals surface area contributed by atoms with Gasteiger partial charge in [-0.05, 0) is 55.1 Å². The van der Waals surface area contributed by atoms with E-state index in [-0.39, 0.29) is 5.91 Å². The molecule has 0 heterocycles. The van der Waals surface area contributed by atoms with E-state index in [4.69, 9.17) is 5.73 Å². The number of carbonyl (C=O) groups is 1. The third-order valence-electron chi connectivity index (χ3n) is 5.41. The van der Waals surface area contributed by atoms with Gasteiger partial charge in [-0.2, -0.15) is 0 Å². The molecule has 138 valence electrons. The molecule has 0 bridgehead atoms. The zero-order chi connectivity index (χ0) is 18.6. The summed E-state index contributed by atoms with van der Waals surface area (Å²) in [6, 6.07) is 14.2. The summed E-state index contributed by atoms with van der Waals surface area (Å²) in [6.07, 6.45) is 5.33. The van der Waals surface area contributed by atoms with Crippen LogP contribution in [-0.2, 0) is 10.2 Å². The Morgan fingerprint density at radius 1 is 1.04 bits per heavy atom. The zero-order valence-corrected chi connectivity index (χ0v) is 16.9. The maximum atomic E-state index is 12.8. The topological polar surface area (TPSA) is 55.1 Å². The van der Waals surface area contributed by atoms with Gasteiger partial charge in [0.25, 0.3) is 0 Å². The Bertz CT molecular complexity index is 789. The van der Waals surface area contributed by atoms with Crippen LogP contribution in [0.3, 0.4) is 0 Å². The predicted octanol–water partition coefficient (Wildman–Crippen LogP) is 4.76. The van der Waals surface area contributed by atoms with Gasteiger partial charge in [0.1, 0.15) is 0 Å². The molecule has 0 saturated heterocycles. The van der Waals surface area contributed by atoms with Gasteiger partial charge < -0.3 is 11.1 Å². The highest BCUT2D eigenvalue weighted by atomic mass is 79.9. The van der Waals surface area contributed by atoms with Gasteiger partial charge in [0.15, 0.2) is 0 Å². The van der Waals surface area contributed by atoms with Crippen molar-refractivity contribution in [3.8, 4) is 11.1 Å². The van der Waals surface area contributed by atoms with Crippen LogP contribution in [0.15, 0.2) is 46.9 Å². The summed E-state index contributed by atoms with van der Waals surface area (Å²) in [5.74, 6) is -0.257. The van der Waals surface area contributed by atoms with Crippen LogP contribution >= 0.6 is 15.9 Å². The molecule has 4 heteroatoms. The fourth-order valence-corrected chi connectivity index (χ4v) is 4.71. The van der Waals surface area contributed by atoms with Crippen LogP contribution in [0.1, 0.15) is 50.2 Å². The number of nitrogens with one attached hydrogen (secondary N) is 1. The average molecular weight is 415 g/mol. The molecule has 26 heavy (non-hydrogen) atoms. The fraction of sp³-hybridized carbons (Fsp3) is 0.409. The first-order chi connectivity index (χ1) is 12.6. The molecule has 0 saturated carbocycles. The lowest BCUT2D eigenvalue weighted by Gasteiger charge is -2.28. The van der Waals surface area contributed by atoms with E-state index in [1.807, 2.05) is 24.3 Å². The van der Waals surface area contributed by atoms with Gasteiger partial charge in [0, 0.05) is 10.0 Å². The minimum absolute atomic E-state index is 0.257. The highest BCUT2D eigenvalue weighted by molar-refractivity contribution is 9.10. The summed E-state index contributed by atoms with van der Waals surface area (Å²) in [4.78, 5) is 12.8. The second-order valence-corrected chi connectivity index (χ2v) is 7.89. The predicted molar refractivity (Wildman–Crippen MR) is 111 cm³/mol. The third kappa shape index (κ3) is 3.33. The zero-order valence-electron chi connectivity index (χ0n) is 15.4. The summed E-state index contributed by atoms with van der Waals surface area (Å²) in [5, 5.41) is 3.50. The smallest absolute Gasteiger partial charge is 0.232 e. The molecule has 0 radical (unpaired) electrons. The van der Waals surface area contributed by atoms with Crippen LogP contribution in [0.5, 0.6) is 0 Å². The molecule has 1 aliphatic rings. The number of hydrogen-bond donors (Lipinski definition) is 2. The second-order valence-electron chi connectivity index (χ2n) is 7.04. The number of halogens is 1. The fourth-order valence-electron chi connectivity index (χ4n) is 4.13. The van der Waals surface area contributed by atoms with E-state index in [1.165, 1.54) is 19.3 Å². The number of carbonyl (C=O) groups excluding carboxylic acids is 1. The Morgan fingerprint density at radius 2 is 1.77 bits per heavy atom. The van der Waals surface area contributed by atoms with Crippen LogP contribution in [0.2, 0.25) is 0 Å². The molecule has 3 rings (SSSR count). The molecule has 3 N–H and O–H groups in total. The van der Waals surface area contributed by atoms with Gasteiger partial charge in [-0.3, -0.25) is 4.79 Å². The Hall–Kier alpha value is -1.65. The van der Waals surface area contributed by atoms with Gasteiger partial charge in [-0.15, -0.1) is 0 Å². The highest BCUT2D eigenvalue weighted by Crippen LogP contribution is 2.53. The monoisotopic (exact) mass is 414 g/mol. The molecule has 3 nitrogen and oxygen atoms in total. The van der Waals surface area contributed by atoms with E-state index in [9.17, 15) is 4.79 Å². The summed E-state index contributed by atoms with van der Waals surface area (Å²) in [5.41, 5.74) is 9.58. The van der Waals surface area contributed by atoms with Crippen LogP contribution in [0.25, 0.3) is 11.1 Å². The second kappa shape index (κ2) is 8.36. The first-order valence-electron chi connectivity index (χ1n) is 9.52. The van der Waals surface area contributed by atoms with Crippen molar-refractivity contribution >= 4 is 21.8 Å². The van der Waals surface area contributed by atoms with Crippen molar-refractivity contribution in [3.63, 3.8) is 0 Å². The van der Waals surface area contributed by atoms with Crippen molar-refractivity contribution in [3.05, 3.63) is 58.1 Å². The van der Waals surface area contributed by atoms with Crippen LogP contribution in [0, 0.1) is 0 Å². The number of amides is 1. The van der Waals surface area contributed by atoms with E-state index in [0.29, 0.717) is 0 Å². The van der Waals surface area contributed by atoms with Crippen molar-refractivity contribution in [1.82, 2.24) is 5.32 Å². The highest BCUT2D eigenvalue weighted by Gasteiger charge is 2.47. The molecule has 0 aromatic heterocycles. The molecule has 0 spiro atoms. The van der Waals surface area contributed by atoms with Gasteiger partial charge in [0.2, 0.25) is 5.91 Å². The molecule has 2 aromatic carbocycles. The van der Waals surface area contributed by atoms with E-state index in [0.717, 1.165) is 52.7 Å². The standard InChI is InChI=1S/C22H27BrN2O/c1-2-3-6-14-25-15-8-13-22(21(24)26)17-10-5-4-9-16(17)20-18(22)11-7-12-19(20)23/h4-5,7,9-12,25H,2-3,6,8,13-15H2,1H3,(H2,24,26). The number of fused-ring (bicyclic) bond motifs is 3. The number of hydrogen-bond acceptors (Lipinski definition) is 2. The molecule has 1 atom stereocenters. The molecule has 1 unspecified atom stereocenters. The Morgan fingerprint density at radius 3 is 2.54 bits per heavy atom. The quantitative estimate of drug-likeness (QED) is 0.580. The first kappa shape index (κ1) is 19.1. The summed E-state index contributed by atoms with van der Waals surface area (Å²) in [6.45, 7) is 4.16. The summed E-state index contributed by atoms with van der Waals surface area (Å²) in [7, 11) is 0. The SMILES string of the molecule is CCCCCNCCCC1(C(N)=O)c2ccccc2-c2c(Br)cccc21. The van der Waals surface area contributed by atoms with Crippen LogP contribution in [-0.4, -0.2) is 19.0 Å². The van der Waals surface area contributed by atoms with Gasteiger partial charge in [-0.1, -0.05) is 72.1 Å². The lowest BCUT2D eigenvalue weighted by Crippen LogP contribution is -2.41. The number of benzene rings is 2. The van der Waals surface area contributed by atoms with Crippen molar-refractivity contribution in [2.75, 3.05) is 13.1 Å². The normalized spacial score (nSPS) is 17.8. The van der Waals surface area contributed by atoms with Gasteiger partial charge >= 0.3 is 0 Å². The summed E-state index contributed by atoms with van der Waals surface area (Å²) >= 11 is 3.67. The van der Waals surface area contributed by atoms with Gasteiger partial charge in [-0.25, -0.2) is 0 Å². The maximum Gasteiger partial charge on any atom is 0.232 e. The van der Waals surface area contributed by atoms with E-state index < -0.39 is 5.41 Å². The van der Waals surface area contributed by atoms with Crippen molar-refractivity contribution in [2.45, 2.75) is 44.4 Å². The van der Waals surface area contributed by atoms with Gasteiger partial charge in [0.05, 0.1) is 5.41 Å². The Balaban J connectivity index is 1.87. The Labute approximate surface area is 164 Å². The lowest BCUT2D eigenvalue weighted by molar-refractivity contribution is -0.122. The van der Waals surface area contributed by atoms with Crippen LogP contribution < -0.4 is 11.1 Å². The summed E-state index contributed by atoms with van der Waals surface area (Å²) < 4.78 is 1.02. The molecular weight excluding hydrogens is 388 g/mol. The van der Waals surface area contributed by atoms with E-state index >= 15 is 0 Å². The van der Waals surface area contributed by atoms with E-state index in [2.05, 4.69) is 46.4 Å². The molecule has 0 fully saturated rings. The lowest BCUT2D eigenvalue weighted by atomic mass is 9.74. The van der Waals surface area contributed by atoms with Crippen LogP contribution in [0.4, 0.5) is 0 Å². The average Bonchev–Trinajstić information content (AvgIpc) is 2.93. The van der Waals surface area contributed by atoms with E-state index in [1.54, 1.807) is 0 Å². The number of rotatable bonds is 9. The molecule has 1 aliphatic carbocycles. The van der Waals surface area contributed by atoms with Crippen molar-refractivity contribution in [2.24, 2.45) is 5.73 Å². The largest absolute Gasteiger partial charge is 0.369 e. The molecular formula is C22H27BrN2O. The first-order valence-corrected chi connectivity index (χ1v) is 10.3. The van der Waals surface area contributed by atoms with Crippen molar-refractivity contribution < 1.29 is 4.79 Å². The number of primary amides is 1. The minimum Gasteiger partial charge on any atom is -0.369 e. The number of nitrogens with two attached hydrogens (primary N) is 1. The minimum atomic E-state index is -0.735.